The minimum absolute atomic E-state index is 0.0137. The molecule has 0 N–H and O–H groups in total. The first kappa shape index (κ1) is 18.5. The SMILES string of the molecule is Cc1ccc(OCC(=O)N(C(C)C)C(C)C)c(C(C)(C)C)c1. The predicted molar refractivity (Wildman–Crippen MR) is 92.5 cm³/mol. The molecular weight excluding hydrogens is 274 g/mol. The van der Waals surface area contributed by atoms with Gasteiger partial charge in [0.1, 0.15) is 5.75 Å². The van der Waals surface area contributed by atoms with Gasteiger partial charge in [0.05, 0.1) is 0 Å². The van der Waals surface area contributed by atoms with E-state index in [1.54, 1.807) is 0 Å². The summed E-state index contributed by atoms with van der Waals surface area (Å²) in [5.74, 6) is 0.837. The predicted octanol–water partition coefficient (Wildman–Crippen LogP) is 4.32. The highest BCUT2D eigenvalue weighted by Gasteiger charge is 2.23. The first-order chi connectivity index (χ1) is 10.0. The van der Waals surface area contributed by atoms with Crippen LogP contribution >= 0.6 is 0 Å². The molecule has 22 heavy (non-hydrogen) atoms. The van der Waals surface area contributed by atoms with Gasteiger partial charge in [0.15, 0.2) is 6.61 Å². The summed E-state index contributed by atoms with van der Waals surface area (Å²) in [5.41, 5.74) is 2.33. The molecule has 1 amide bonds. The van der Waals surface area contributed by atoms with Crippen LogP contribution in [0, 0.1) is 6.92 Å². The van der Waals surface area contributed by atoms with E-state index in [9.17, 15) is 4.79 Å². The molecule has 0 heterocycles. The Hall–Kier alpha value is -1.51. The smallest absolute Gasteiger partial charge is 0.260 e. The van der Waals surface area contributed by atoms with Crippen molar-refractivity contribution in [1.29, 1.82) is 0 Å². The summed E-state index contributed by atoms with van der Waals surface area (Å²) in [6, 6.07) is 6.49. The number of hydrogen-bond acceptors (Lipinski definition) is 2. The molecule has 0 bridgehead atoms. The number of nitrogens with zero attached hydrogens (tertiary/aromatic N) is 1. The molecule has 0 fully saturated rings. The van der Waals surface area contributed by atoms with Crippen LogP contribution in [0.3, 0.4) is 0 Å². The molecule has 3 nitrogen and oxygen atoms in total. The number of aryl methyl sites for hydroxylation is 1. The zero-order chi connectivity index (χ0) is 17.1. The van der Waals surface area contributed by atoms with Crippen molar-refractivity contribution < 1.29 is 9.53 Å². The molecule has 0 saturated heterocycles. The summed E-state index contributed by atoms with van der Waals surface area (Å²) in [7, 11) is 0. The fraction of sp³-hybridized carbons (Fsp3) is 0.632. The van der Waals surface area contributed by atoms with Crippen molar-refractivity contribution in [2.24, 2.45) is 0 Å². The number of benzene rings is 1. The van der Waals surface area contributed by atoms with Crippen LogP contribution in [0.4, 0.5) is 0 Å². The molecule has 0 aliphatic heterocycles. The summed E-state index contributed by atoms with van der Waals surface area (Å²) < 4.78 is 5.87. The third kappa shape index (κ3) is 4.75. The number of rotatable bonds is 5. The lowest BCUT2D eigenvalue weighted by molar-refractivity contribution is -0.137. The maximum Gasteiger partial charge on any atom is 0.260 e. The van der Waals surface area contributed by atoms with Crippen molar-refractivity contribution in [1.82, 2.24) is 4.90 Å². The Bertz CT molecular complexity index is 505. The average molecular weight is 305 g/mol. The van der Waals surface area contributed by atoms with E-state index < -0.39 is 0 Å². The fourth-order valence-electron chi connectivity index (χ4n) is 2.74. The van der Waals surface area contributed by atoms with E-state index in [0.29, 0.717) is 0 Å². The van der Waals surface area contributed by atoms with Gasteiger partial charge in [-0.25, -0.2) is 0 Å². The Balaban J connectivity index is 2.91. The summed E-state index contributed by atoms with van der Waals surface area (Å²) in [6.07, 6.45) is 0. The van der Waals surface area contributed by atoms with E-state index in [2.05, 4.69) is 33.8 Å². The molecule has 3 heteroatoms. The second-order valence-electron chi connectivity index (χ2n) is 7.53. The van der Waals surface area contributed by atoms with Gasteiger partial charge in [-0.2, -0.15) is 0 Å². The molecule has 1 aromatic rings. The quantitative estimate of drug-likeness (QED) is 0.811. The molecule has 0 aliphatic rings. The normalized spacial score (nSPS) is 11.9. The molecular formula is C19H31NO2. The van der Waals surface area contributed by atoms with Gasteiger partial charge in [-0.05, 0) is 51.7 Å². The lowest BCUT2D eigenvalue weighted by Crippen LogP contribution is -2.44. The highest BCUT2D eigenvalue weighted by Crippen LogP contribution is 2.32. The minimum Gasteiger partial charge on any atom is -0.483 e. The van der Waals surface area contributed by atoms with Crippen LogP contribution in [0.1, 0.15) is 59.6 Å². The highest BCUT2D eigenvalue weighted by molar-refractivity contribution is 5.78. The Kier molecular flexibility index (Phi) is 6.04. The monoisotopic (exact) mass is 305 g/mol. The van der Waals surface area contributed by atoms with Crippen LogP contribution < -0.4 is 4.74 Å². The summed E-state index contributed by atoms with van der Waals surface area (Å²) >= 11 is 0. The molecule has 0 saturated carbocycles. The highest BCUT2D eigenvalue weighted by atomic mass is 16.5. The van der Waals surface area contributed by atoms with E-state index in [4.69, 9.17) is 4.74 Å². The van der Waals surface area contributed by atoms with E-state index in [-0.39, 0.29) is 30.0 Å². The number of carbonyl (C=O) groups is 1. The molecule has 0 aromatic heterocycles. The van der Waals surface area contributed by atoms with Gasteiger partial charge in [0, 0.05) is 12.1 Å². The molecule has 1 aromatic carbocycles. The van der Waals surface area contributed by atoms with Crippen LogP contribution in [0.25, 0.3) is 0 Å². The van der Waals surface area contributed by atoms with E-state index in [1.807, 2.05) is 44.7 Å². The van der Waals surface area contributed by atoms with Crippen LogP contribution in [-0.4, -0.2) is 29.5 Å². The van der Waals surface area contributed by atoms with Crippen LogP contribution in [0.2, 0.25) is 0 Å². The average Bonchev–Trinajstić information content (AvgIpc) is 2.35. The van der Waals surface area contributed by atoms with Crippen molar-refractivity contribution in [2.75, 3.05) is 6.61 Å². The van der Waals surface area contributed by atoms with Gasteiger partial charge in [0.2, 0.25) is 0 Å². The maximum absolute atomic E-state index is 12.4. The fourth-order valence-corrected chi connectivity index (χ4v) is 2.74. The number of carbonyl (C=O) groups excluding carboxylic acids is 1. The van der Waals surface area contributed by atoms with Crippen molar-refractivity contribution in [3.8, 4) is 5.75 Å². The topological polar surface area (TPSA) is 29.5 Å². The number of amides is 1. The third-order valence-corrected chi connectivity index (χ3v) is 3.69. The molecule has 0 aliphatic carbocycles. The zero-order valence-corrected chi connectivity index (χ0v) is 15.4. The molecule has 0 atom stereocenters. The van der Waals surface area contributed by atoms with Crippen LogP contribution in [-0.2, 0) is 10.2 Å². The lowest BCUT2D eigenvalue weighted by atomic mass is 9.85. The van der Waals surface area contributed by atoms with Gasteiger partial charge in [-0.15, -0.1) is 0 Å². The Labute approximate surface area is 135 Å². The van der Waals surface area contributed by atoms with Gasteiger partial charge in [-0.1, -0.05) is 38.5 Å². The Morgan fingerprint density at radius 2 is 1.68 bits per heavy atom. The standard InChI is InChI=1S/C19H31NO2/c1-13(2)20(14(3)4)18(21)12-22-17-10-9-15(5)11-16(17)19(6,7)8/h9-11,13-14H,12H2,1-8H3. The first-order valence-corrected chi connectivity index (χ1v) is 8.09. The van der Waals surface area contributed by atoms with Crippen molar-refractivity contribution in [2.45, 2.75) is 72.9 Å². The summed E-state index contributed by atoms with van der Waals surface area (Å²) in [5, 5.41) is 0. The first-order valence-electron chi connectivity index (χ1n) is 8.09. The number of hydrogen-bond donors (Lipinski definition) is 0. The van der Waals surface area contributed by atoms with Crippen LogP contribution in [0.15, 0.2) is 18.2 Å². The second-order valence-corrected chi connectivity index (χ2v) is 7.53. The van der Waals surface area contributed by atoms with Crippen molar-refractivity contribution in [3.05, 3.63) is 29.3 Å². The maximum atomic E-state index is 12.4. The van der Waals surface area contributed by atoms with Crippen LogP contribution in [0.5, 0.6) is 5.75 Å². The van der Waals surface area contributed by atoms with Gasteiger partial charge < -0.3 is 9.64 Å². The van der Waals surface area contributed by atoms with Gasteiger partial charge in [0.25, 0.3) is 5.91 Å². The minimum atomic E-state index is -0.0137. The Morgan fingerprint density at radius 1 is 1.14 bits per heavy atom. The third-order valence-electron chi connectivity index (χ3n) is 3.69. The molecule has 0 spiro atoms. The summed E-state index contributed by atoms with van der Waals surface area (Å²) in [6.45, 7) is 16.8. The second kappa shape index (κ2) is 7.17. The lowest BCUT2D eigenvalue weighted by Gasteiger charge is -2.31. The van der Waals surface area contributed by atoms with Crippen molar-refractivity contribution in [3.63, 3.8) is 0 Å². The number of ether oxygens (including phenoxy) is 1. The molecule has 0 radical (unpaired) electrons. The Morgan fingerprint density at radius 3 is 2.14 bits per heavy atom. The molecule has 1 rings (SSSR count). The van der Waals surface area contributed by atoms with Gasteiger partial charge in [-0.3, -0.25) is 4.79 Å². The van der Waals surface area contributed by atoms with Crippen molar-refractivity contribution >= 4 is 5.91 Å². The van der Waals surface area contributed by atoms with E-state index >= 15 is 0 Å². The molecule has 0 unspecified atom stereocenters. The van der Waals surface area contributed by atoms with E-state index in [0.717, 1.165) is 11.3 Å². The zero-order valence-electron chi connectivity index (χ0n) is 15.4. The van der Waals surface area contributed by atoms with E-state index in [1.165, 1.54) is 5.56 Å². The summed E-state index contributed by atoms with van der Waals surface area (Å²) in [4.78, 5) is 14.3. The molecule has 124 valence electrons. The van der Waals surface area contributed by atoms with Gasteiger partial charge >= 0.3 is 0 Å². The largest absolute Gasteiger partial charge is 0.483 e.